The van der Waals surface area contributed by atoms with Crippen LogP contribution in [0, 0.1) is 0 Å². The number of unbranched alkanes of at least 4 members (excludes halogenated alkanes) is 12. The number of quaternary nitrogens is 1. The normalized spacial score (nSPS) is 11.5. The van der Waals surface area contributed by atoms with Crippen molar-refractivity contribution < 1.29 is 16.9 Å². The average Bonchev–Trinajstić information content (AvgIpc) is 2.60. The van der Waals surface area contributed by atoms with Crippen molar-refractivity contribution >= 4 is 0 Å². The highest BCUT2D eigenvalue weighted by Gasteiger charge is 2.23. The summed E-state index contributed by atoms with van der Waals surface area (Å²) in [6.45, 7) is 15.1. The molecular weight excluding hydrogens is 326 g/mol. The molecule has 0 aromatic carbocycles. The third-order valence-electron chi connectivity index (χ3n) is 5.88. The highest BCUT2D eigenvalue weighted by Crippen LogP contribution is 2.17. The molecule has 0 aliphatic carbocycles. The van der Waals surface area contributed by atoms with E-state index in [-0.39, 0.29) is 12.4 Å². The highest BCUT2D eigenvalue weighted by molar-refractivity contribution is 4.51. The zero-order chi connectivity index (χ0) is 17.9. The Morgan fingerprint density at radius 3 is 0.920 bits per heavy atom. The van der Waals surface area contributed by atoms with E-state index in [1.54, 1.807) is 0 Å². The molecule has 0 atom stereocenters. The third kappa shape index (κ3) is 16.2. The number of halogens is 1. The van der Waals surface area contributed by atoms with Gasteiger partial charge in [-0.15, -0.1) is 0 Å². The van der Waals surface area contributed by atoms with Crippen molar-refractivity contribution in [3.8, 4) is 0 Å². The van der Waals surface area contributed by atoms with Gasteiger partial charge in [0.05, 0.1) is 26.2 Å². The maximum absolute atomic E-state index is 2.45. The van der Waals surface area contributed by atoms with Crippen LogP contribution in [0.25, 0.3) is 0 Å². The number of nitrogens with zero attached hydrogens (tertiary/aromatic N) is 1. The van der Waals surface area contributed by atoms with Crippen molar-refractivity contribution in [1.82, 2.24) is 0 Å². The van der Waals surface area contributed by atoms with Crippen LogP contribution in [0.5, 0.6) is 0 Å². The summed E-state index contributed by atoms with van der Waals surface area (Å²) in [5, 5.41) is 0. The Morgan fingerprint density at radius 1 is 0.400 bits per heavy atom. The molecular formula is C23H50ClN. The molecule has 0 N–H and O–H groups in total. The summed E-state index contributed by atoms with van der Waals surface area (Å²) in [6.07, 6.45) is 21.5. The van der Waals surface area contributed by atoms with Crippen LogP contribution in [0.15, 0.2) is 0 Å². The van der Waals surface area contributed by atoms with E-state index >= 15 is 0 Å². The Morgan fingerprint density at radius 2 is 0.680 bits per heavy atom. The van der Waals surface area contributed by atoms with Crippen LogP contribution in [0.2, 0.25) is 0 Å². The summed E-state index contributed by atoms with van der Waals surface area (Å²) >= 11 is 0. The molecule has 2 heteroatoms. The molecule has 0 bridgehead atoms. The van der Waals surface area contributed by atoms with Gasteiger partial charge < -0.3 is 16.9 Å². The van der Waals surface area contributed by atoms with Crippen molar-refractivity contribution in [2.45, 2.75) is 124 Å². The second kappa shape index (κ2) is 20.6. The molecule has 0 amide bonds. The zero-order valence-electron chi connectivity index (χ0n) is 18.3. The standard InChI is InChI=1S/C23H50N.ClH/c1-5-9-12-15-18-21-24(8-4,22-19-16-13-10-6-2)23-20-17-14-11-7-3;/h5-23H2,1-4H3;1H/q+1;/p-1. The van der Waals surface area contributed by atoms with Gasteiger partial charge in [-0.3, -0.25) is 0 Å². The van der Waals surface area contributed by atoms with E-state index in [0.29, 0.717) is 0 Å². The zero-order valence-corrected chi connectivity index (χ0v) is 19.0. The lowest BCUT2D eigenvalue weighted by molar-refractivity contribution is -0.927. The molecule has 0 rings (SSSR count). The fraction of sp³-hybridized carbons (Fsp3) is 1.00. The number of hydrogen-bond acceptors (Lipinski definition) is 0. The van der Waals surface area contributed by atoms with Gasteiger partial charge in [-0.1, -0.05) is 78.6 Å². The number of rotatable bonds is 19. The first-order valence-electron chi connectivity index (χ1n) is 11.6. The summed E-state index contributed by atoms with van der Waals surface area (Å²) in [5.74, 6) is 0. The van der Waals surface area contributed by atoms with E-state index in [9.17, 15) is 0 Å². The van der Waals surface area contributed by atoms with E-state index in [4.69, 9.17) is 0 Å². The molecule has 0 aliphatic heterocycles. The first-order chi connectivity index (χ1) is 11.7. The van der Waals surface area contributed by atoms with E-state index < -0.39 is 0 Å². The molecule has 0 radical (unpaired) electrons. The first-order valence-corrected chi connectivity index (χ1v) is 11.6. The van der Waals surface area contributed by atoms with E-state index in [0.717, 1.165) is 0 Å². The molecule has 1 nitrogen and oxygen atoms in total. The molecule has 0 aromatic rings. The van der Waals surface area contributed by atoms with Gasteiger partial charge in [-0.05, 0) is 45.4 Å². The molecule has 0 unspecified atom stereocenters. The fourth-order valence-electron chi connectivity index (χ4n) is 3.96. The van der Waals surface area contributed by atoms with Crippen LogP contribution >= 0.6 is 0 Å². The monoisotopic (exact) mass is 375 g/mol. The Balaban J connectivity index is 0. The van der Waals surface area contributed by atoms with Crippen LogP contribution in [-0.2, 0) is 0 Å². The van der Waals surface area contributed by atoms with Crippen molar-refractivity contribution in [3.05, 3.63) is 0 Å². The van der Waals surface area contributed by atoms with E-state index in [1.807, 2.05) is 0 Å². The van der Waals surface area contributed by atoms with Gasteiger partial charge in [-0.25, -0.2) is 0 Å². The number of hydrogen-bond donors (Lipinski definition) is 0. The molecule has 154 valence electrons. The van der Waals surface area contributed by atoms with Crippen LogP contribution in [0.3, 0.4) is 0 Å². The minimum atomic E-state index is 0. The van der Waals surface area contributed by atoms with Gasteiger partial charge in [0.15, 0.2) is 0 Å². The van der Waals surface area contributed by atoms with Crippen molar-refractivity contribution in [3.63, 3.8) is 0 Å². The first kappa shape index (κ1) is 27.5. The molecule has 0 aliphatic rings. The topological polar surface area (TPSA) is 0 Å². The maximum Gasteiger partial charge on any atom is 0.0786 e. The molecule has 0 saturated carbocycles. The average molecular weight is 376 g/mol. The lowest BCUT2D eigenvalue weighted by Gasteiger charge is -2.38. The SMILES string of the molecule is CCCCCCC[N+](CC)(CCCCCCC)CCCCCCC.[Cl-]. The quantitative estimate of drug-likeness (QED) is 0.226. The van der Waals surface area contributed by atoms with E-state index in [2.05, 4.69) is 27.7 Å². The van der Waals surface area contributed by atoms with Gasteiger partial charge in [0, 0.05) is 0 Å². The van der Waals surface area contributed by atoms with Crippen LogP contribution < -0.4 is 12.4 Å². The molecule has 25 heavy (non-hydrogen) atoms. The highest BCUT2D eigenvalue weighted by atomic mass is 35.5. The van der Waals surface area contributed by atoms with Crippen LogP contribution in [0.1, 0.15) is 124 Å². The van der Waals surface area contributed by atoms with Gasteiger partial charge in [0.25, 0.3) is 0 Å². The summed E-state index contributed by atoms with van der Waals surface area (Å²) in [5.41, 5.74) is 0. The Labute approximate surface area is 167 Å². The summed E-state index contributed by atoms with van der Waals surface area (Å²) in [7, 11) is 0. The maximum atomic E-state index is 2.45. The van der Waals surface area contributed by atoms with Gasteiger partial charge >= 0.3 is 0 Å². The molecule has 0 aromatic heterocycles. The van der Waals surface area contributed by atoms with Crippen molar-refractivity contribution in [2.24, 2.45) is 0 Å². The lowest BCUT2D eigenvalue weighted by atomic mass is 10.1. The Kier molecular flexibility index (Phi) is 22.6. The van der Waals surface area contributed by atoms with Crippen molar-refractivity contribution in [1.29, 1.82) is 0 Å². The van der Waals surface area contributed by atoms with E-state index in [1.165, 1.54) is 127 Å². The summed E-state index contributed by atoms with van der Waals surface area (Å²) in [4.78, 5) is 0. The van der Waals surface area contributed by atoms with Crippen LogP contribution in [0.4, 0.5) is 0 Å². The smallest absolute Gasteiger partial charge is 0.0786 e. The Hall–Kier alpha value is 0.250. The lowest BCUT2D eigenvalue weighted by Crippen LogP contribution is -3.00. The fourth-order valence-corrected chi connectivity index (χ4v) is 3.96. The molecule has 0 fully saturated rings. The minimum absolute atomic E-state index is 0. The third-order valence-corrected chi connectivity index (χ3v) is 5.88. The second-order valence-electron chi connectivity index (χ2n) is 8.07. The van der Waals surface area contributed by atoms with Crippen LogP contribution in [-0.4, -0.2) is 30.7 Å². The summed E-state index contributed by atoms with van der Waals surface area (Å²) in [6, 6.07) is 0. The largest absolute Gasteiger partial charge is 1.00 e. The molecule has 0 saturated heterocycles. The predicted octanol–water partition coefficient (Wildman–Crippen LogP) is 4.74. The molecule has 0 heterocycles. The second-order valence-corrected chi connectivity index (χ2v) is 8.07. The molecule has 0 spiro atoms. The Bertz CT molecular complexity index is 206. The minimum Gasteiger partial charge on any atom is -1.00 e. The van der Waals surface area contributed by atoms with Gasteiger partial charge in [0.2, 0.25) is 0 Å². The van der Waals surface area contributed by atoms with Crippen molar-refractivity contribution in [2.75, 3.05) is 26.2 Å². The van der Waals surface area contributed by atoms with Gasteiger partial charge in [0.1, 0.15) is 0 Å². The predicted molar refractivity (Wildman–Crippen MR) is 112 cm³/mol. The summed E-state index contributed by atoms with van der Waals surface area (Å²) < 4.78 is 1.42. The van der Waals surface area contributed by atoms with Gasteiger partial charge in [-0.2, -0.15) is 0 Å².